The largest absolute Gasteiger partial charge is 0.371 e. The van der Waals surface area contributed by atoms with Gasteiger partial charge in [-0.1, -0.05) is 31.0 Å². The van der Waals surface area contributed by atoms with Crippen LogP contribution in [-0.4, -0.2) is 19.1 Å². The van der Waals surface area contributed by atoms with Gasteiger partial charge in [-0.3, -0.25) is 0 Å². The zero-order valence-corrected chi connectivity index (χ0v) is 11.2. The predicted molar refractivity (Wildman–Crippen MR) is 77.0 cm³/mol. The van der Waals surface area contributed by atoms with Crippen molar-refractivity contribution in [2.75, 3.05) is 18.0 Å². The SMILES string of the molecule is c1ccc(N2CCCCCC2)c(CNC2CC2)c1. The van der Waals surface area contributed by atoms with Crippen LogP contribution in [-0.2, 0) is 6.54 Å². The zero-order chi connectivity index (χ0) is 12.2. The Balaban J connectivity index is 1.71. The van der Waals surface area contributed by atoms with Crippen molar-refractivity contribution in [1.29, 1.82) is 0 Å². The minimum atomic E-state index is 0.794. The molecule has 2 heteroatoms. The minimum absolute atomic E-state index is 0.794. The average Bonchev–Trinajstić information content (AvgIpc) is 3.24. The van der Waals surface area contributed by atoms with Crippen LogP contribution in [0.3, 0.4) is 0 Å². The minimum Gasteiger partial charge on any atom is -0.371 e. The molecule has 1 aromatic rings. The van der Waals surface area contributed by atoms with Gasteiger partial charge in [0.25, 0.3) is 0 Å². The number of anilines is 1. The fourth-order valence-electron chi connectivity index (χ4n) is 2.82. The second-order valence-corrected chi connectivity index (χ2v) is 5.69. The van der Waals surface area contributed by atoms with E-state index < -0.39 is 0 Å². The van der Waals surface area contributed by atoms with Crippen molar-refractivity contribution in [2.45, 2.75) is 51.1 Å². The Morgan fingerprint density at radius 3 is 2.44 bits per heavy atom. The van der Waals surface area contributed by atoms with Gasteiger partial charge in [0, 0.05) is 31.4 Å². The van der Waals surface area contributed by atoms with Gasteiger partial charge in [-0.2, -0.15) is 0 Å². The molecule has 0 bridgehead atoms. The van der Waals surface area contributed by atoms with Gasteiger partial charge in [0.05, 0.1) is 0 Å². The lowest BCUT2D eigenvalue weighted by Gasteiger charge is -2.25. The molecular weight excluding hydrogens is 220 g/mol. The van der Waals surface area contributed by atoms with Gasteiger partial charge in [-0.15, -0.1) is 0 Å². The molecule has 18 heavy (non-hydrogen) atoms. The lowest BCUT2D eigenvalue weighted by Crippen LogP contribution is -2.26. The number of nitrogens with one attached hydrogen (secondary N) is 1. The number of benzene rings is 1. The molecule has 2 nitrogen and oxygen atoms in total. The maximum absolute atomic E-state index is 3.64. The molecular formula is C16H24N2. The van der Waals surface area contributed by atoms with E-state index in [2.05, 4.69) is 34.5 Å². The van der Waals surface area contributed by atoms with E-state index >= 15 is 0 Å². The van der Waals surface area contributed by atoms with Crippen LogP contribution >= 0.6 is 0 Å². The Kier molecular flexibility index (Phi) is 3.84. The fraction of sp³-hybridized carbons (Fsp3) is 0.625. The molecule has 3 rings (SSSR count). The smallest absolute Gasteiger partial charge is 0.0411 e. The standard InChI is InChI=1S/C16H24N2/c1-2-6-12-18(11-5-1)16-8-4-3-7-14(16)13-17-15-9-10-15/h3-4,7-8,15,17H,1-2,5-6,9-13H2. The van der Waals surface area contributed by atoms with Gasteiger partial charge < -0.3 is 10.2 Å². The number of hydrogen-bond donors (Lipinski definition) is 1. The van der Waals surface area contributed by atoms with Crippen molar-refractivity contribution < 1.29 is 0 Å². The molecule has 1 aliphatic heterocycles. The van der Waals surface area contributed by atoms with E-state index in [1.165, 1.54) is 62.9 Å². The summed E-state index contributed by atoms with van der Waals surface area (Å²) < 4.78 is 0. The summed E-state index contributed by atoms with van der Waals surface area (Å²) in [7, 11) is 0. The summed E-state index contributed by atoms with van der Waals surface area (Å²) in [5.41, 5.74) is 2.94. The molecule has 0 spiro atoms. The molecule has 0 radical (unpaired) electrons. The molecule has 1 saturated carbocycles. The predicted octanol–water partition coefficient (Wildman–Crippen LogP) is 3.32. The molecule has 2 fully saturated rings. The molecule has 1 aromatic carbocycles. The highest BCUT2D eigenvalue weighted by atomic mass is 15.1. The topological polar surface area (TPSA) is 15.3 Å². The maximum Gasteiger partial charge on any atom is 0.0411 e. The normalized spacial score (nSPS) is 20.8. The summed E-state index contributed by atoms with van der Waals surface area (Å²) in [4.78, 5) is 2.59. The quantitative estimate of drug-likeness (QED) is 0.874. The van der Waals surface area contributed by atoms with E-state index in [1.54, 1.807) is 0 Å². The molecule has 0 unspecified atom stereocenters. The van der Waals surface area contributed by atoms with Gasteiger partial charge >= 0.3 is 0 Å². The fourth-order valence-corrected chi connectivity index (χ4v) is 2.82. The van der Waals surface area contributed by atoms with Gasteiger partial charge in [-0.25, -0.2) is 0 Å². The van der Waals surface area contributed by atoms with Gasteiger partial charge in [0.2, 0.25) is 0 Å². The second-order valence-electron chi connectivity index (χ2n) is 5.69. The van der Waals surface area contributed by atoms with Crippen molar-refractivity contribution in [1.82, 2.24) is 5.32 Å². The molecule has 1 heterocycles. The first-order valence-corrected chi connectivity index (χ1v) is 7.50. The van der Waals surface area contributed by atoms with Crippen LogP contribution in [0.25, 0.3) is 0 Å². The summed E-state index contributed by atoms with van der Waals surface area (Å²) in [6.45, 7) is 3.51. The first kappa shape index (κ1) is 12.0. The Morgan fingerprint density at radius 1 is 1.00 bits per heavy atom. The summed E-state index contributed by atoms with van der Waals surface area (Å²) in [5.74, 6) is 0. The molecule has 2 aliphatic rings. The van der Waals surface area contributed by atoms with Crippen molar-refractivity contribution >= 4 is 5.69 Å². The molecule has 1 N–H and O–H groups in total. The Labute approximate surface area is 110 Å². The highest BCUT2D eigenvalue weighted by molar-refractivity contribution is 5.53. The first-order valence-electron chi connectivity index (χ1n) is 7.50. The van der Waals surface area contributed by atoms with Crippen LogP contribution in [0.2, 0.25) is 0 Å². The molecule has 98 valence electrons. The van der Waals surface area contributed by atoms with Crippen LogP contribution in [0.4, 0.5) is 5.69 Å². The van der Waals surface area contributed by atoms with Crippen molar-refractivity contribution in [3.63, 3.8) is 0 Å². The van der Waals surface area contributed by atoms with E-state index in [0.29, 0.717) is 0 Å². The number of rotatable bonds is 4. The third-order valence-electron chi connectivity index (χ3n) is 4.10. The van der Waals surface area contributed by atoms with E-state index in [0.717, 1.165) is 12.6 Å². The van der Waals surface area contributed by atoms with Crippen LogP contribution in [0.15, 0.2) is 24.3 Å². The van der Waals surface area contributed by atoms with E-state index in [1.807, 2.05) is 0 Å². The Hall–Kier alpha value is -1.02. The lowest BCUT2D eigenvalue weighted by atomic mass is 10.1. The highest BCUT2D eigenvalue weighted by Crippen LogP contribution is 2.25. The summed E-state index contributed by atoms with van der Waals surface area (Å²) in [6.07, 6.45) is 8.24. The Morgan fingerprint density at radius 2 is 1.72 bits per heavy atom. The number of nitrogens with zero attached hydrogens (tertiary/aromatic N) is 1. The number of para-hydroxylation sites is 1. The van der Waals surface area contributed by atoms with Gasteiger partial charge in [0.1, 0.15) is 0 Å². The van der Waals surface area contributed by atoms with E-state index in [4.69, 9.17) is 0 Å². The van der Waals surface area contributed by atoms with Crippen molar-refractivity contribution in [3.05, 3.63) is 29.8 Å². The summed E-state index contributed by atoms with van der Waals surface area (Å²) >= 11 is 0. The molecule has 1 saturated heterocycles. The summed E-state index contributed by atoms with van der Waals surface area (Å²) in [5, 5.41) is 3.64. The van der Waals surface area contributed by atoms with Crippen LogP contribution in [0.1, 0.15) is 44.1 Å². The third kappa shape index (κ3) is 3.05. The maximum atomic E-state index is 3.64. The molecule has 0 aromatic heterocycles. The van der Waals surface area contributed by atoms with Crippen LogP contribution in [0.5, 0.6) is 0 Å². The second kappa shape index (κ2) is 5.75. The average molecular weight is 244 g/mol. The van der Waals surface area contributed by atoms with Crippen LogP contribution in [0, 0.1) is 0 Å². The van der Waals surface area contributed by atoms with Gasteiger partial charge in [-0.05, 0) is 37.3 Å². The highest BCUT2D eigenvalue weighted by Gasteiger charge is 2.21. The first-order chi connectivity index (χ1) is 8.93. The van der Waals surface area contributed by atoms with Crippen molar-refractivity contribution in [3.8, 4) is 0 Å². The van der Waals surface area contributed by atoms with Gasteiger partial charge in [0.15, 0.2) is 0 Å². The summed E-state index contributed by atoms with van der Waals surface area (Å²) in [6, 6.07) is 9.74. The van der Waals surface area contributed by atoms with E-state index in [9.17, 15) is 0 Å². The zero-order valence-electron chi connectivity index (χ0n) is 11.2. The van der Waals surface area contributed by atoms with Crippen molar-refractivity contribution in [2.24, 2.45) is 0 Å². The number of hydrogen-bond acceptors (Lipinski definition) is 2. The lowest BCUT2D eigenvalue weighted by molar-refractivity contribution is 0.682. The van der Waals surface area contributed by atoms with E-state index in [-0.39, 0.29) is 0 Å². The van der Waals surface area contributed by atoms with Crippen LogP contribution < -0.4 is 10.2 Å². The third-order valence-corrected chi connectivity index (χ3v) is 4.10. The Bertz CT molecular complexity index is 376. The molecule has 1 aliphatic carbocycles. The monoisotopic (exact) mass is 244 g/mol. The molecule has 0 atom stereocenters. The molecule has 0 amide bonds.